The third kappa shape index (κ3) is 4.99. The van der Waals surface area contributed by atoms with Crippen LogP contribution in [0, 0.1) is 0 Å². The molecule has 4 heterocycles. The SMILES string of the molecule is Cn1cnnc1[C@H](F)C1(c2cccc(NC(=O)c3cc(CN4CC(C)(F)C4)cc(C(F)(F)F)n3)c2)COC1. The summed E-state index contributed by atoms with van der Waals surface area (Å²) in [5.74, 6) is -0.740. The summed E-state index contributed by atoms with van der Waals surface area (Å²) in [4.78, 5) is 18.2. The normalized spacial score (nSPS) is 19.3. The fourth-order valence-electron chi connectivity index (χ4n) is 4.85. The number of rotatable bonds is 7. The molecule has 38 heavy (non-hydrogen) atoms. The summed E-state index contributed by atoms with van der Waals surface area (Å²) in [6.07, 6.45) is -4.93. The van der Waals surface area contributed by atoms with Crippen LogP contribution in [0.4, 0.5) is 27.6 Å². The van der Waals surface area contributed by atoms with Gasteiger partial charge in [-0.25, -0.2) is 13.8 Å². The van der Waals surface area contributed by atoms with E-state index < -0.39 is 40.7 Å². The zero-order valence-corrected chi connectivity index (χ0v) is 20.6. The van der Waals surface area contributed by atoms with Crippen LogP contribution in [0.1, 0.15) is 46.2 Å². The minimum absolute atomic E-state index is 0.0450. The molecule has 0 saturated carbocycles. The van der Waals surface area contributed by atoms with Gasteiger partial charge in [0.2, 0.25) is 0 Å². The van der Waals surface area contributed by atoms with Gasteiger partial charge in [-0.05, 0) is 42.3 Å². The van der Waals surface area contributed by atoms with E-state index in [-0.39, 0.29) is 49.9 Å². The average molecular weight is 537 g/mol. The number of pyridine rings is 1. The van der Waals surface area contributed by atoms with E-state index >= 15 is 4.39 Å². The second-order valence-corrected chi connectivity index (χ2v) is 10.1. The Hall–Kier alpha value is -3.45. The largest absolute Gasteiger partial charge is 0.433 e. The van der Waals surface area contributed by atoms with Gasteiger partial charge < -0.3 is 14.6 Å². The number of halogens is 5. The molecule has 1 aromatic carbocycles. The number of benzene rings is 1. The van der Waals surface area contributed by atoms with E-state index in [0.29, 0.717) is 5.56 Å². The number of anilines is 1. The maximum Gasteiger partial charge on any atom is 0.433 e. The summed E-state index contributed by atoms with van der Waals surface area (Å²) in [5, 5.41) is 10.2. The number of hydrogen-bond donors (Lipinski definition) is 1. The second kappa shape index (κ2) is 9.38. The van der Waals surface area contributed by atoms with Crippen molar-refractivity contribution >= 4 is 11.6 Å². The molecule has 3 aromatic rings. The number of carbonyl (C=O) groups excluding carboxylic acids is 1. The lowest BCUT2D eigenvalue weighted by atomic mass is 9.74. The first-order valence-corrected chi connectivity index (χ1v) is 11.8. The molecule has 2 aromatic heterocycles. The van der Waals surface area contributed by atoms with Crippen LogP contribution < -0.4 is 5.32 Å². The Morgan fingerprint density at radius 3 is 2.53 bits per heavy atom. The minimum atomic E-state index is -4.78. The predicted molar refractivity (Wildman–Crippen MR) is 126 cm³/mol. The maximum atomic E-state index is 15.6. The summed E-state index contributed by atoms with van der Waals surface area (Å²) in [6.45, 7) is 1.78. The lowest BCUT2D eigenvalue weighted by Crippen LogP contribution is -2.56. The number of nitrogens with zero attached hydrogens (tertiary/aromatic N) is 5. The summed E-state index contributed by atoms with van der Waals surface area (Å²) in [6, 6.07) is 8.51. The van der Waals surface area contributed by atoms with Crippen molar-refractivity contribution in [3.8, 4) is 0 Å². The Balaban J connectivity index is 1.38. The number of amides is 1. The molecule has 0 bridgehead atoms. The van der Waals surface area contributed by atoms with E-state index in [1.54, 1.807) is 36.2 Å². The van der Waals surface area contributed by atoms with Crippen molar-refractivity contribution in [3.63, 3.8) is 0 Å². The van der Waals surface area contributed by atoms with Crippen molar-refractivity contribution < 1.29 is 31.5 Å². The van der Waals surface area contributed by atoms with Gasteiger partial charge in [-0.1, -0.05) is 12.1 Å². The third-order valence-electron chi connectivity index (χ3n) is 6.79. The van der Waals surface area contributed by atoms with Crippen molar-refractivity contribution in [2.45, 2.75) is 36.9 Å². The molecule has 8 nitrogen and oxygen atoms in total. The average Bonchev–Trinajstić information content (AvgIpc) is 3.22. The molecule has 2 fully saturated rings. The van der Waals surface area contributed by atoms with Crippen LogP contribution in [0.5, 0.6) is 0 Å². The lowest BCUT2D eigenvalue weighted by Gasteiger charge is -2.43. The highest BCUT2D eigenvalue weighted by Crippen LogP contribution is 2.45. The number of nitrogens with one attached hydrogen (secondary N) is 1. The van der Waals surface area contributed by atoms with Crippen LogP contribution >= 0.6 is 0 Å². The van der Waals surface area contributed by atoms with Crippen molar-refractivity contribution in [2.75, 3.05) is 31.6 Å². The first-order chi connectivity index (χ1) is 17.9. The number of carbonyl (C=O) groups is 1. The molecule has 0 spiro atoms. The molecule has 1 amide bonds. The number of ether oxygens (including phenoxy) is 1. The Bertz CT molecular complexity index is 1350. The number of alkyl halides is 5. The first-order valence-electron chi connectivity index (χ1n) is 11.8. The molecule has 2 aliphatic heterocycles. The Labute approximate surface area is 214 Å². The monoisotopic (exact) mass is 536 g/mol. The van der Waals surface area contributed by atoms with E-state index in [1.807, 2.05) is 0 Å². The minimum Gasteiger partial charge on any atom is -0.379 e. The highest BCUT2D eigenvalue weighted by Gasteiger charge is 2.50. The van der Waals surface area contributed by atoms with Gasteiger partial charge in [-0.3, -0.25) is 9.69 Å². The van der Waals surface area contributed by atoms with Crippen molar-refractivity contribution in [1.29, 1.82) is 0 Å². The zero-order valence-electron chi connectivity index (χ0n) is 20.6. The summed E-state index contributed by atoms with van der Waals surface area (Å²) in [5.41, 5.74) is -3.14. The molecule has 0 aliphatic carbocycles. The van der Waals surface area contributed by atoms with Crippen LogP contribution in [0.25, 0.3) is 0 Å². The topological polar surface area (TPSA) is 85.2 Å². The highest BCUT2D eigenvalue weighted by molar-refractivity contribution is 6.03. The molecule has 0 unspecified atom stereocenters. The predicted octanol–water partition coefficient (Wildman–Crippen LogP) is 4.00. The zero-order chi connectivity index (χ0) is 27.3. The molecule has 13 heteroatoms. The molecule has 5 rings (SSSR count). The number of likely N-dealkylation sites (tertiary alicyclic amines) is 1. The molecular weight excluding hydrogens is 511 g/mol. The van der Waals surface area contributed by atoms with Crippen LogP contribution in [-0.4, -0.2) is 62.5 Å². The molecular formula is C25H25F5N6O2. The van der Waals surface area contributed by atoms with Gasteiger partial charge in [0.15, 0.2) is 12.0 Å². The fourth-order valence-corrected chi connectivity index (χ4v) is 4.85. The van der Waals surface area contributed by atoms with E-state index in [1.165, 1.54) is 23.9 Å². The Kier molecular flexibility index (Phi) is 6.46. The van der Waals surface area contributed by atoms with Crippen molar-refractivity contribution in [2.24, 2.45) is 7.05 Å². The summed E-state index contributed by atoms with van der Waals surface area (Å²) in [7, 11) is 1.63. The van der Waals surface area contributed by atoms with Crippen LogP contribution in [-0.2, 0) is 29.9 Å². The Morgan fingerprint density at radius 1 is 1.21 bits per heavy atom. The second-order valence-electron chi connectivity index (χ2n) is 10.1. The van der Waals surface area contributed by atoms with Crippen LogP contribution in [0.2, 0.25) is 0 Å². The van der Waals surface area contributed by atoms with Gasteiger partial charge >= 0.3 is 6.18 Å². The molecule has 202 valence electrons. The van der Waals surface area contributed by atoms with Gasteiger partial charge in [-0.2, -0.15) is 13.2 Å². The Morgan fingerprint density at radius 2 is 1.95 bits per heavy atom. The molecule has 2 aliphatic rings. The lowest BCUT2D eigenvalue weighted by molar-refractivity contribution is -0.141. The molecule has 0 radical (unpaired) electrons. The van der Waals surface area contributed by atoms with E-state index in [2.05, 4.69) is 20.5 Å². The van der Waals surface area contributed by atoms with Gasteiger partial charge in [0, 0.05) is 32.4 Å². The van der Waals surface area contributed by atoms with Gasteiger partial charge in [0.25, 0.3) is 5.91 Å². The third-order valence-corrected chi connectivity index (χ3v) is 6.79. The number of hydrogen-bond acceptors (Lipinski definition) is 6. The van der Waals surface area contributed by atoms with Gasteiger partial charge in [-0.15, -0.1) is 10.2 Å². The van der Waals surface area contributed by atoms with E-state index in [9.17, 15) is 22.4 Å². The van der Waals surface area contributed by atoms with Crippen LogP contribution in [0.3, 0.4) is 0 Å². The fraction of sp³-hybridized carbons (Fsp3) is 0.440. The van der Waals surface area contributed by atoms with Crippen LogP contribution in [0.15, 0.2) is 42.7 Å². The van der Waals surface area contributed by atoms with Gasteiger partial charge in [0.05, 0.1) is 18.6 Å². The van der Waals surface area contributed by atoms with Crippen molar-refractivity contribution in [1.82, 2.24) is 24.6 Å². The highest BCUT2D eigenvalue weighted by atomic mass is 19.4. The molecule has 2 saturated heterocycles. The number of aryl methyl sites for hydroxylation is 1. The van der Waals surface area contributed by atoms with E-state index in [0.717, 1.165) is 6.07 Å². The molecule has 1 N–H and O–H groups in total. The quantitative estimate of drug-likeness (QED) is 0.460. The van der Waals surface area contributed by atoms with E-state index in [4.69, 9.17) is 4.74 Å². The standard InChI is InChI=1S/C25H25F5N6O2/c1-23(27)10-36(11-23)9-15-6-18(33-19(7-15)25(28,29)30)22(37)32-17-5-3-4-16(8-17)24(12-38-13-24)20(26)21-34-31-14-35(21)2/h3-8,14,20H,9-13H2,1-2H3,(H,32,37)/t20-/m0/s1. The summed E-state index contributed by atoms with van der Waals surface area (Å²) >= 11 is 0. The summed E-state index contributed by atoms with van der Waals surface area (Å²) < 4.78 is 76.8. The maximum absolute atomic E-state index is 15.6. The molecule has 1 atom stereocenters. The number of aromatic nitrogens is 4. The van der Waals surface area contributed by atoms with Gasteiger partial charge in [0.1, 0.15) is 23.4 Å². The first kappa shape index (κ1) is 26.2. The van der Waals surface area contributed by atoms with Crippen molar-refractivity contribution in [3.05, 3.63) is 71.1 Å². The smallest absolute Gasteiger partial charge is 0.379 e.